The van der Waals surface area contributed by atoms with E-state index in [1.54, 1.807) is 0 Å². The van der Waals surface area contributed by atoms with Crippen LogP contribution in [0.5, 0.6) is 0 Å². The number of aliphatic hydroxyl groups is 1. The van der Waals surface area contributed by atoms with E-state index in [1.165, 1.54) is 0 Å². The third kappa shape index (κ3) is 2.90. The predicted octanol–water partition coefficient (Wildman–Crippen LogP) is 0.814. The van der Waals surface area contributed by atoms with Crippen molar-refractivity contribution in [2.75, 3.05) is 0 Å². The van der Waals surface area contributed by atoms with Crippen molar-refractivity contribution in [1.29, 1.82) is 0 Å². The maximum atomic E-state index is 10.9. The molecule has 1 amide bonds. The van der Waals surface area contributed by atoms with Crippen LogP contribution in [0.4, 0.5) is 4.79 Å². The van der Waals surface area contributed by atoms with Gasteiger partial charge in [0.05, 0.1) is 12.1 Å². The topological polar surface area (TPSA) is 102 Å². The van der Waals surface area contributed by atoms with Gasteiger partial charge < -0.3 is 26.2 Å². The molecule has 5 N–H and O–H groups in total. The highest BCUT2D eigenvalue weighted by Gasteiger charge is 2.41. The molecule has 0 radical (unpaired) electrons. The summed E-state index contributed by atoms with van der Waals surface area (Å²) in [4.78, 5) is 13.1. The number of aliphatic hydroxyl groups excluding tert-OH is 1. The summed E-state index contributed by atoms with van der Waals surface area (Å²) in [7, 11) is 0. The van der Waals surface area contributed by atoms with Crippen LogP contribution in [0.15, 0.2) is 23.5 Å². The van der Waals surface area contributed by atoms with Gasteiger partial charge in [0.15, 0.2) is 0 Å². The van der Waals surface area contributed by atoms with Crippen LogP contribution in [0.25, 0.3) is 0 Å². The maximum absolute atomic E-state index is 10.9. The molecule has 1 aliphatic carbocycles. The van der Waals surface area contributed by atoms with Crippen LogP contribution in [0.1, 0.15) is 33.6 Å². The van der Waals surface area contributed by atoms with Gasteiger partial charge in [0.1, 0.15) is 6.10 Å². The Bertz CT molecular complexity index is 465. The second-order valence-electron chi connectivity index (χ2n) is 6.42. The van der Waals surface area contributed by atoms with Gasteiger partial charge in [-0.15, -0.1) is 0 Å². The van der Waals surface area contributed by atoms with Crippen molar-refractivity contribution in [3.05, 3.63) is 23.5 Å². The van der Waals surface area contributed by atoms with Crippen LogP contribution < -0.4 is 11.5 Å². The SMILES string of the molecule is CC(C)(C)N1C=C(N)C=C2CC(O)C(OC(N)=O)CC21. The van der Waals surface area contributed by atoms with Crippen molar-refractivity contribution in [1.82, 2.24) is 4.90 Å². The lowest BCUT2D eigenvalue weighted by Gasteiger charge is -2.48. The van der Waals surface area contributed by atoms with Gasteiger partial charge in [-0.2, -0.15) is 0 Å². The molecule has 1 saturated carbocycles. The summed E-state index contributed by atoms with van der Waals surface area (Å²) < 4.78 is 5.02. The summed E-state index contributed by atoms with van der Waals surface area (Å²) in [5.41, 5.74) is 12.6. The van der Waals surface area contributed by atoms with Crippen LogP contribution in [0.2, 0.25) is 0 Å². The molecule has 0 saturated heterocycles. The number of primary amides is 1. The molecule has 0 bridgehead atoms. The Balaban J connectivity index is 2.26. The van der Waals surface area contributed by atoms with Gasteiger partial charge in [0.2, 0.25) is 0 Å². The Labute approximate surface area is 119 Å². The molecule has 1 fully saturated rings. The summed E-state index contributed by atoms with van der Waals surface area (Å²) in [6, 6.07) is 0.0649. The van der Waals surface area contributed by atoms with E-state index in [9.17, 15) is 9.90 Å². The average molecular weight is 281 g/mol. The molecule has 6 nitrogen and oxygen atoms in total. The molecule has 0 spiro atoms. The van der Waals surface area contributed by atoms with E-state index in [4.69, 9.17) is 16.2 Å². The largest absolute Gasteiger partial charge is 0.444 e. The van der Waals surface area contributed by atoms with E-state index < -0.39 is 18.3 Å². The summed E-state index contributed by atoms with van der Waals surface area (Å²) in [5, 5.41) is 10.1. The molecule has 6 heteroatoms. The molecule has 2 rings (SSSR count). The summed E-state index contributed by atoms with van der Waals surface area (Å²) in [5.74, 6) is 0. The number of nitrogens with two attached hydrogens (primary N) is 2. The Kier molecular flexibility index (Phi) is 3.69. The number of allylic oxidation sites excluding steroid dienone is 1. The molecule has 1 heterocycles. The Morgan fingerprint density at radius 1 is 1.50 bits per heavy atom. The fourth-order valence-electron chi connectivity index (χ4n) is 2.92. The van der Waals surface area contributed by atoms with Gasteiger partial charge in [0, 0.05) is 30.3 Å². The van der Waals surface area contributed by atoms with Gasteiger partial charge in [-0.25, -0.2) is 4.79 Å². The minimum Gasteiger partial charge on any atom is -0.444 e. The first kappa shape index (κ1) is 14.7. The van der Waals surface area contributed by atoms with E-state index in [1.807, 2.05) is 12.3 Å². The number of rotatable bonds is 1. The zero-order valence-electron chi connectivity index (χ0n) is 12.2. The van der Waals surface area contributed by atoms with Crippen molar-refractivity contribution < 1.29 is 14.6 Å². The number of nitrogens with zero attached hydrogens (tertiary/aromatic N) is 1. The lowest BCUT2D eigenvalue weighted by molar-refractivity contribution is -0.0298. The fraction of sp³-hybridized carbons (Fsp3) is 0.643. The molecule has 1 aliphatic heterocycles. The number of amides is 1. The van der Waals surface area contributed by atoms with E-state index in [2.05, 4.69) is 25.7 Å². The highest BCUT2D eigenvalue weighted by Crippen LogP contribution is 2.36. The highest BCUT2D eigenvalue weighted by atomic mass is 16.6. The van der Waals surface area contributed by atoms with Crippen LogP contribution in [-0.2, 0) is 4.74 Å². The number of carbonyl (C=O) groups excluding carboxylic acids is 1. The summed E-state index contributed by atoms with van der Waals surface area (Å²) >= 11 is 0. The molecular weight excluding hydrogens is 258 g/mol. The van der Waals surface area contributed by atoms with Crippen molar-refractivity contribution in [2.45, 2.75) is 57.4 Å². The van der Waals surface area contributed by atoms with Crippen LogP contribution in [0, 0.1) is 0 Å². The van der Waals surface area contributed by atoms with Crippen molar-refractivity contribution in [3.8, 4) is 0 Å². The Morgan fingerprint density at radius 3 is 2.70 bits per heavy atom. The monoisotopic (exact) mass is 281 g/mol. The minimum absolute atomic E-state index is 0.0649. The van der Waals surface area contributed by atoms with Gasteiger partial charge in [-0.05, 0) is 32.4 Å². The highest BCUT2D eigenvalue weighted by molar-refractivity contribution is 5.65. The first-order valence-corrected chi connectivity index (χ1v) is 6.79. The molecule has 0 aromatic heterocycles. The summed E-state index contributed by atoms with van der Waals surface area (Å²) in [6.45, 7) is 6.28. The molecule has 3 unspecified atom stereocenters. The second-order valence-corrected chi connectivity index (χ2v) is 6.42. The zero-order chi connectivity index (χ0) is 15.1. The van der Waals surface area contributed by atoms with E-state index >= 15 is 0 Å². The van der Waals surface area contributed by atoms with E-state index in [0.717, 1.165) is 5.57 Å². The molecule has 0 aromatic carbocycles. The predicted molar refractivity (Wildman–Crippen MR) is 75.4 cm³/mol. The molecule has 0 aromatic rings. The lowest BCUT2D eigenvalue weighted by atomic mass is 9.81. The first-order valence-electron chi connectivity index (χ1n) is 6.79. The van der Waals surface area contributed by atoms with Crippen LogP contribution >= 0.6 is 0 Å². The Morgan fingerprint density at radius 2 is 2.15 bits per heavy atom. The standard InChI is InChI=1S/C14H23N3O3/c1-14(2,3)17-7-9(15)4-8-5-11(18)12(6-10(8)17)20-13(16)19/h4,7,10-12,18H,5-6,15H2,1-3H3,(H2,16,19). The number of carbonyl (C=O) groups is 1. The zero-order valence-corrected chi connectivity index (χ0v) is 12.2. The normalized spacial score (nSPS) is 30.2. The van der Waals surface area contributed by atoms with Crippen LogP contribution in [0.3, 0.4) is 0 Å². The second kappa shape index (κ2) is 5.01. The Hall–Kier alpha value is -1.69. The molecule has 112 valence electrons. The van der Waals surface area contributed by atoms with Gasteiger partial charge in [-0.3, -0.25) is 0 Å². The maximum Gasteiger partial charge on any atom is 0.404 e. The van der Waals surface area contributed by atoms with Crippen LogP contribution in [-0.4, -0.2) is 39.9 Å². The van der Waals surface area contributed by atoms with Crippen molar-refractivity contribution in [2.24, 2.45) is 11.5 Å². The molecule has 3 atom stereocenters. The molecular formula is C14H23N3O3. The lowest BCUT2D eigenvalue weighted by Crippen LogP contribution is -2.53. The third-order valence-corrected chi connectivity index (χ3v) is 3.78. The number of fused-ring (bicyclic) bond motifs is 1. The van der Waals surface area contributed by atoms with E-state index in [0.29, 0.717) is 18.5 Å². The van der Waals surface area contributed by atoms with Gasteiger partial charge >= 0.3 is 6.09 Å². The molecule has 2 aliphatic rings. The fourth-order valence-corrected chi connectivity index (χ4v) is 2.92. The molecule has 20 heavy (non-hydrogen) atoms. The van der Waals surface area contributed by atoms with Gasteiger partial charge in [0.25, 0.3) is 0 Å². The number of ether oxygens (including phenoxy) is 1. The number of hydrogen-bond acceptors (Lipinski definition) is 5. The van der Waals surface area contributed by atoms with Crippen molar-refractivity contribution in [3.63, 3.8) is 0 Å². The van der Waals surface area contributed by atoms with E-state index in [-0.39, 0.29) is 11.6 Å². The average Bonchev–Trinajstić information content (AvgIpc) is 2.27. The first-order chi connectivity index (χ1) is 9.18. The minimum atomic E-state index is -0.852. The summed E-state index contributed by atoms with van der Waals surface area (Å²) in [6.07, 6.45) is 2.59. The smallest absolute Gasteiger partial charge is 0.404 e. The van der Waals surface area contributed by atoms with Crippen molar-refractivity contribution >= 4 is 6.09 Å². The quantitative estimate of drug-likeness (QED) is 0.660. The third-order valence-electron chi connectivity index (χ3n) is 3.78. The number of hydrogen-bond donors (Lipinski definition) is 3. The van der Waals surface area contributed by atoms with Gasteiger partial charge in [-0.1, -0.05) is 0 Å².